The summed E-state index contributed by atoms with van der Waals surface area (Å²) in [4.78, 5) is 26.3. The van der Waals surface area contributed by atoms with Gasteiger partial charge < -0.3 is 14.5 Å². The Morgan fingerprint density at radius 1 is 1.00 bits per heavy atom. The Labute approximate surface area is 188 Å². The summed E-state index contributed by atoms with van der Waals surface area (Å²) in [6.07, 6.45) is 0. The van der Waals surface area contributed by atoms with Crippen LogP contribution < -0.4 is 5.32 Å². The number of esters is 1. The molecule has 0 bridgehead atoms. The van der Waals surface area contributed by atoms with Crippen molar-refractivity contribution >= 4 is 23.6 Å². The van der Waals surface area contributed by atoms with Crippen molar-refractivity contribution in [2.45, 2.75) is 44.9 Å². The predicted molar refractivity (Wildman–Crippen MR) is 124 cm³/mol. The Bertz CT molecular complexity index is 993. The Kier molecular flexibility index (Phi) is 8.94. The molecule has 0 aliphatic heterocycles. The summed E-state index contributed by atoms with van der Waals surface area (Å²) in [6.45, 7) is 6.12. The second kappa shape index (κ2) is 11.4. The summed E-state index contributed by atoms with van der Waals surface area (Å²) in [7, 11) is 0. The lowest BCUT2D eigenvalue weighted by Gasteiger charge is -2.17. The van der Waals surface area contributed by atoms with Crippen molar-refractivity contribution in [3.8, 4) is 0 Å². The molecular formula is C25H29NO4S. The van der Waals surface area contributed by atoms with Crippen molar-refractivity contribution in [3.63, 3.8) is 0 Å². The van der Waals surface area contributed by atoms with Gasteiger partial charge in [-0.1, -0.05) is 56.0 Å². The predicted octanol–water partition coefficient (Wildman–Crippen LogP) is 5.86. The van der Waals surface area contributed by atoms with Crippen LogP contribution in [0.5, 0.6) is 0 Å². The smallest absolute Gasteiger partial charge is 0.333 e. The van der Waals surface area contributed by atoms with Crippen molar-refractivity contribution < 1.29 is 18.7 Å². The van der Waals surface area contributed by atoms with E-state index in [0.29, 0.717) is 17.1 Å². The van der Waals surface area contributed by atoms with Gasteiger partial charge in [-0.05, 0) is 49.6 Å². The van der Waals surface area contributed by atoms with Gasteiger partial charge in [-0.3, -0.25) is 4.79 Å². The quantitative estimate of drug-likeness (QED) is 0.352. The molecule has 0 aliphatic rings. The lowest BCUT2D eigenvalue weighted by Crippen LogP contribution is -2.34. The number of nitrogens with one attached hydrogen (secondary N) is 1. The van der Waals surface area contributed by atoms with Crippen LogP contribution >= 0.6 is 11.8 Å². The highest BCUT2D eigenvalue weighted by Crippen LogP contribution is 2.29. The minimum atomic E-state index is -0.892. The zero-order valence-corrected chi connectivity index (χ0v) is 18.1. The molecule has 1 aromatic heterocycles. The van der Waals surface area contributed by atoms with Crippen molar-refractivity contribution in [1.82, 2.24) is 5.32 Å². The number of aryl methyl sites for hydroxylation is 2. The molecular weight excluding hydrogens is 410 g/mol. The van der Waals surface area contributed by atoms with E-state index in [-0.39, 0.29) is 19.8 Å². The van der Waals surface area contributed by atoms with E-state index in [9.17, 15) is 9.59 Å². The molecule has 3 rings (SSSR count). The molecule has 164 valence electrons. The Morgan fingerprint density at radius 3 is 2.32 bits per heavy atom. The van der Waals surface area contributed by atoms with Gasteiger partial charge in [0, 0.05) is 4.90 Å². The van der Waals surface area contributed by atoms with Gasteiger partial charge in [0.05, 0.1) is 12.4 Å². The van der Waals surface area contributed by atoms with Crippen LogP contribution in [0.1, 0.15) is 53.4 Å². The summed E-state index contributed by atoms with van der Waals surface area (Å²) in [6, 6.07) is 17.7. The molecule has 0 saturated heterocycles. The lowest BCUT2D eigenvalue weighted by molar-refractivity contribution is -0.145. The van der Waals surface area contributed by atoms with E-state index >= 15 is 0 Å². The summed E-state index contributed by atoms with van der Waals surface area (Å²) in [5, 5.41) is 2.73. The van der Waals surface area contributed by atoms with E-state index in [4.69, 9.17) is 9.15 Å². The fourth-order valence-corrected chi connectivity index (χ4v) is 4.13. The largest absolute Gasteiger partial charge is 0.464 e. The van der Waals surface area contributed by atoms with Gasteiger partial charge in [-0.2, -0.15) is 0 Å². The number of amides is 1. The minimum Gasteiger partial charge on any atom is -0.464 e. The molecule has 0 spiro atoms. The number of thioether (sulfide) groups is 1. The number of hydrogen-bond acceptors (Lipinski definition) is 5. The third kappa shape index (κ3) is 6.25. The van der Waals surface area contributed by atoms with Gasteiger partial charge in [0.2, 0.25) is 0 Å². The Balaban J connectivity index is 0.00000341. The first-order valence-corrected chi connectivity index (χ1v) is 10.8. The second-order valence-corrected chi connectivity index (χ2v) is 7.83. The fourth-order valence-electron chi connectivity index (χ4n) is 3.10. The Hall–Kier alpha value is -2.99. The highest BCUT2D eigenvalue weighted by molar-refractivity contribution is 7.98. The average Bonchev–Trinajstić information content (AvgIpc) is 3.21. The van der Waals surface area contributed by atoms with Crippen molar-refractivity contribution in [1.29, 1.82) is 0 Å². The fraction of sp³-hybridized carbons (Fsp3) is 0.280. The summed E-state index contributed by atoms with van der Waals surface area (Å²) in [5.74, 6) is 0.506. The lowest BCUT2D eigenvalue weighted by atomic mass is 10.1. The molecule has 31 heavy (non-hydrogen) atoms. The van der Waals surface area contributed by atoms with Crippen LogP contribution in [0, 0.1) is 13.8 Å². The molecule has 0 unspecified atom stereocenters. The van der Waals surface area contributed by atoms with Gasteiger partial charge in [-0.15, -0.1) is 11.8 Å². The maximum atomic E-state index is 12.7. The summed E-state index contributed by atoms with van der Waals surface area (Å²) < 4.78 is 10.9. The molecule has 0 fully saturated rings. The van der Waals surface area contributed by atoms with Crippen molar-refractivity contribution in [2.75, 3.05) is 6.61 Å². The van der Waals surface area contributed by atoms with E-state index < -0.39 is 17.9 Å². The van der Waals surface area contributed by atoms with Crippen molar-refractivity contribution in [2.24, 2.45) is 0 Å². The number of carbonyl (C=O) groups is 2. The second-order valence-electron chi connectivity index (χ2n) is 6.84. The molecule has 0 aliphatic carbocycles. The molecule has 5 nitrogen and oxygen atoms in total. The van der Waals surface area contributed by atoms with Crippen LogP contribution in [0.4, 0.5) is 0 Å². The summed E-state index contributed by atoms with van der Waals surface area (Å²) >= 11 is 1.67. The van der Waals surface area contributed by atoms with Crippen LogP contribution in [-0.4, -0.2) is 18.5 Å². The normalized spacial score (nSPS) is 11.3. The first-order valence-electron chi connectivity index (χ1n) is 9.79. The molecule has 1 amide bonds. The molecule has 1 atom stereocenters. The van der Waals surface area contributed by atoms with Gasteiger partial charge in [0.15, 0.2) is 11.8 Å². The molecule has 0 radical (unpaired) electrons. The number of furan rings is 1. The topological polar surface area (TPSA) is 68.5 Å². The average molecular weight is 440 g/mol. The molecule has 6 heteroatoms. The van der Waals surface area contributed by atoms with Gasteiger partial charge >= 0.3 is 5.97 Å². The van der Waals surface area contributed by atoms with Gasteiger partial charge in [0.1, 0.15) is 5.76 Å². The molecule has 3 aromatic rings. The van der Waals surface area contributed by atoms with Gasteiger partial charge in [-0.25, -0.2) is 4.79 Å². The first-order chi connectivity index (χ1) is 14.5. The number of hydrogen-bond donors (Lipinski definition) is 1. The standard InChI is InChI=1S/C24H25NO4S.CH4/c1-4-28-24(27)21(18-11-6-5-7-12-18)25-23(26)20-14-13-19(29-20)15-30-22-16(2)9-8-10-17(22)3;/h5-14,21H,4,15H2,1-3H3,(H,25,26);1H4/t21-;/m0./s1. The number of carbonyl (C=O) groups excluding carboxylic acids is 2. The van der Waals surface area contributed by atoms with E-state index in [2.05, 4.69) is 31.3 Å². The SMILES string of the molecule is C.CCOC(=O)[C@@H](NC(=O)c1ccc(CSc2c(C)cccc2C)o1)c1ccccc1. The Morgan fingerprint density at radius 2 is 1.68 bits per heavy atom. The first kappa shape index (κ1) is 24.3. The number of ether oxygens (including phenoxy) is 1. The van der Waals surface area contributed by atoms with Crippen LogP contribution in [-0.2, 0) is 15.3 Å². The third-order valence-electron chi connectivity index (χ3n) is 4.58. The van der Waals surface area contributed by atoms with E-state index in [1.807, 2.05) is 24.3 Å². The number of benzene rings is 2. The molecule has 0 saturated carbocycles. The van der Waals surface area contributed by atoms with Crippen LogP contribution in [0.25, 0.3) is 0 Å². The number of rotatable bonds is 8. The molecule has 1 N–H and O–H groups in total. The highest BCUT2D eigenvalue weighted by atomic mass is 32.2. The maximum absolute atomic E-state index is 12.7. The zero-order valence-electron chi connectivity index (χ0n) is 17.3. The highest BCUT2D eigenvalue weighted by Gasteiger charge is 2.25. The van der Waals surface area contributed by atoms with E-state index in [1.165, 1.54) is 16.0 Å². The maximum Gasteiger partial charge on any atom is 0.333 e. The monoisotopic (exact) mass is 439 g/mol. The van der Waals surface area contributed by atoms with Crippen LogP contribution in [0.3, 0.4) is 0 Å². The van der Waals surface area contributed by atoms with Crippen molar-refractivity contribution in [3.05, 3.63) is 88.9 Å². The summed E-state index contributed by atoms with van der Waals surface area (Å²) in [5.41, 5.74) is 3.08. The zero-order chi connectivity index (χ0) is 21.5. The molecule has 2 aromatic carbocycles. The third-order valence-corrected chi connectivity index (χ3v) is 5.95. The minimum absolute atomic E-state index is 0. The van der Waals surface area contributed by atoms with E-state index in [0.717, 1.165) is 0 Å². The van der Waals surface area contributed by atoms with Gasteiger partial charge in [0.25, 0.3) is 5.91 Å². The van der Waals surface area contributed by atoms with Crippen LogP contribution in [0.2, 0.25) is 0 Å². The van der Waals surface area contributed by atoms with E-state index in [1.54, 1.807) is 43.0 Å². The van der Waals surface area contributed by atoms with Crippen LogP contribution in [0.15, 0.2) is 70.0 Å². The molecule has 1 heterocycles.